The lowest BCUT2D eigenvalue weighted by atomic mass is 10.0. The van der Waals surface area contributed by atoms with Crippen molar-refractivity contribution in [3.05, 3.63) is 46.8 Å². The molecule has 1 aromatic heterocycles. The molecule has 1 aromatic carbocycles. The molecule has 0 spiro atoms. The van der Waals surface area contributed by atoms with E-state index in [1.54, 1.807) is 13.0 Å². The monoisotopic (exact) mass is 304 g/mol. The van der Waals surface area contributed by atoms with E-state index in [0.29, 0.717) is 23.1 Å². The van der Waals surface area contributed by atoms with Crippen LogP contribution in [0.25, 0.3) is 0 Å². The largest absolute Gasteiger partial charge is 0.462 e. The Hall–Kier alpha value is -2.01. The lowest BCUT2D eigenvalue weighted by Crippen LogP contribution is -2.08. The first kappa shape index (κ1) is 15.4. The average Bonchev–Trinajstić information content (AvgIpc) is 2.87. The first-order valence-corrected chi connectivity index (χ1v) is 7.78. The molecule has 0 radical (unpaired) electrons. The zero-order valence-corrected chi connectivity index (χ0v) is 13.1. The zero-order valence-electron chi connectivity index (χ0n) is 12.3. The summed E-state index contributed by atoms with van der Waals surface area (Å²) in [7, 11) is 0. The Kier molecular flexibility index (Phi) is 5.22. The minimum absolute atomic E-state index is 0.351. The van der Waals surface area contributed by atoms with Gasteiger partial charge in [-0.2, -0.15) is 0 Å². The van der Waals surface area contributed by atoms with E-state index in [1.807, 2.05) is 18.2 Å². The number of carbonyl (C=O) groups excluding carboxylic acids is 1. The van der Waals surface area contributed by atoms with Gasteiger partial charge in [-0.3, -0.25) is 0 Å². The predicted molar refractivity (Wildman–Crippen MR) is 88.0 cm³/mol. The van der Waals surface area contributed by atoms with Crippen LogP contribution in [0.3, 0.4) is 0 Å². The van der Waals surface area contributed by atoms with Gasteiger partial charge in [-0.25, -0.2) is 4.79 Å². The Morgan fingerprint density at radius 1 is 1.38 bits per heavy atom. The molecule has 0 fully saturated rings. The van der Waals surface area contributed by atoms with Crippen molar-refractivity contribution in [2.24, 2.45) is 0 Å². The average molecular weight is 304 g/mol. The fraction of sp³-hybridized carbons (Fsp3) is 0.312. The molecule has 0 aliphatic carbocycles. The van der Waals surface area contributed by atoms with Gasteiger partial charge in [0.05, 0.1) is 17.3 Å². The van der Waals surface area contributed by atoms with Crippen LogP contribution < -0.4 is 11.1 Å². The molecule has 1 unspecified atom stereocenters. The van der Waals surface area contributed by atoms with Crippen molar-refractivity contribution in [1.82, 2.24) is 0 Å². The molecule has 4 nitrogen and oxygen atoms in total. The minimum atomic E-state index is -0.357. The first-order valence-electron chi connectivity index (χ1n) is 6.97. The summed E-state index contributed by atoms with van der Waals surface area (Å²) in [4.78, 5) is 12.2. The maximum absolute atomic E-state index is 11.7. The van der Waals surface area contributed by atoms with Gasteiger partial charge < -0.3 is 15.8 Å². The molecule has 2 aromatic rings. The fourth-order valence-electron chi connectivity index (χ4n) is 2.00. The molecule has 0 saturated heterocycles. The van der Waals surface area contributed by atoms with Crippen LogP contribution in [0, 0.1) is 0 Å². The minimum Gasteiger partial charge on any atom is -0.462 e. The number of benzene rings is 1. The van der Waals surface area contributed by atoms with E-state index < -0.39 is 0 Å². The van der Waals surface area contributed by atoms with Crippen LogP contribution >= 0.6 is 11.3 Å². The Bertz CT molecular complexity index is 596. The second-order valence-electron chi connectivity index (χ2n) is 4.81. The van der Waals surface area contributed by atoms with Gasteiger partial charge >= 0.3 is 5.97 Å². The summed E-state index contributed by atoms with van der Waals surface area (Å²) < 4.78 is 4.98. The van der Waals surface area contributed by atoms with Crippen molar-refractivity contribution < 1.29 is 9.53 Å². The normalized spacial score (nSPS) is 11.9. The van der Waals surface area contributed by atoms with Crippen LogP contribution in [0.5, 0.6) is 0 Å². The van der Waals surface area contributed by atoms with Gasteiger partial charge in [-0.15, -0.1) is 11.3 Å². The van der Waals surface area contributed by atoms with Crippen LogP contribution in [0.4, 0.5) is 10.7 Å². The number of carbonyl (C=O) groups is 1. The number of thiophene rings is 1. The van der Waals surface area contributed by atoms with E-state index >= 15 is 0 Å². The lowest BCUT2D eigenvalue weighted by Gasteiger charge is -2.12. The molecule has 0 aliphatic heterocycles. The van der Waals surface area contributed by atoms with Gasteiger partial charge in [-0.05, 0) is 24.5 Å². The summed E-state index contributed by atoms with van der Waals surface area (Å²) in [5.41, 5.74) is 7.60. The number of nitrogens with two attached hydrogens (primary N) is 1. The van der Waals surface area contributed by atoms with Crippen molar-refractivity contribution in [3.63, 3.8) is 0 Å². The number of rotatable bonds is 6. The van der Waals surface area contributed by atoms with E-state index in [0.717, 1.165) is 11.5 Å². The number of anilines is 2. The van der Waals surface area contributed by atoms with Gasteiger partial charge in [0.15, 0.2) is 0 Å². The SMILES string of the molecule is CCOC(=O)c1sc(NCC(C)c2ccccc2)cc1N. The van der Waals surface area contributed by atoms with Gasteiger partial charge in [0.25, 0.3) is 0 Å². The van der Waals surface area contributed by atoms with Crippen LogP contribution in [-0.2, 0) is 4.74 Å². The molecule has 2 rings (SSSR count). The highest BCUT2D eigenvalue weighted by Crippen LogP contribution is 2.30. The van der Waals surface area contributed by atoms with E-state index in [2.05, 4.69) is 24.4 Å². The van der Waals surface area contributed by atoms with E-state index in [4.69, 9.17) is 10.5 Å². The molecule has 112 valence electrons. The van der Waals surface area contributed by atoms with Gasteiger partial charge in [-0.1, -0.05) is 37.3 Å². The Morgan fingerprint density at radius 3 is 2.76 bits per heavy atom. The van der Waals surface area contributed by atoms with Crippen LogP contribution in [0.2, 0.25) is 0 Å². The second kappa shape index (κ2) is 7.13. The summed E-state index contributed by atoms with van der Waals surface area (Å²) in [5, 5.41) is 4.22. The molecule has 21 heavy (non-hydrogen) atoms. The summed E-state index contributed by atoms with van der Waals surface area (Å²) in [6.07, 6.45) is 0. The fourth-order valence-corrected chi connectivity index (χ4v) is 2.88. The highest BCUT2D eigenvalue weighted by atomic mass is 32.1. The molecule has 0 amide bonds. The number of ether oxygens (including phenoxy) is 1. The maximum Gasteiger partial charge on any atom is 0.350 e. The van der Waals surface area contributed by atoms with Crippen LogP contribution in [0.1, 0.15) is 35.0 Å². The van der Waals surface area contributed by atoms with E-state index in [1.165, 1.54) is 16.9 Å². The molecule has 0 bridgehead atoms. The van der Waals surface area contributed by atoms with E-state index in [9.17, 15) is 4.79 Å². The predicted octanol–water partition coefficient (Wildman–Crippen LogP) is 3.72. The lowest BCUT2D eigenvalue weighted by molar-refractivity contribution is 0.0533. The molecular formula is C16H20N2O2S. The van der Waals surface area contributed by atoms with Crippen LogP contribution in [-0.4, -0.2) is 19.1 Å². The summed E-state index contributed by atoms with van der Waals surface area (Å²) in [6.45, 7) is 5.07. The Balaban J connectivity index is 1.98. The summed E-state index contributed by atoms with van der Waals surface area (Å²) >= 11 is 1.33. The van der Waals surface area contributed by atoms with Crippen molar-refractivity contribution in [1.29, 1.82) is 0 Å². The summed E-state index contributed by atoms with van der Waals surface area (Å²) in [5.74, 6) is 0.0183. The number of nitrogen functional groups attached to an aromatic ring is 1. The number of hydrogen-bond acceptors (Lipinski definition) is 5. The zero-order chi connectivity index (χ0) is 15.2. The van der Waals surface area contributed by atoms with Gasteiger partial charge in [0.2, 0.25) is 0 Å². The summed E-state index contributed by atoms with van der Waals surface area (Å²) in [6, 6.07) is 12.1. The highest BCUT2D eigenvalue weighted by molar-refractivity contribution is 7.18. The Morgan fingerprint density at radius 2 is 2.10 bits per heavy atom. The molecule has 0 aliphatic rings. The number of nitrogens with one attached hydrogen (secondary N) is 1. The van der Waals surface area contributed by atoms with Gasteiger partial charge in [0, 0.05) is 6.54 Å². The third kappa shape index (κ3) is 3.98. The van der Waals surface area contributed by atoms with Gasteiger partial charge in [0.1, 0.15) is 4.88 Å². The highest BCUT2D eigenvalue weighted by Gasteiger charge is 2.15. The maximum atomic E-state index is 11.7. The van der Waals surface area contributed by atoms with E-state index in [-0.39, 0.29) is 5.97 Å². The molecule has 1 atom stereocenters. The van der Waals surface area contributed by atoms with Crippen molar-refractivity contribution in [2.75, 3.05) is 24.2 Å². The second-order valence-corrected chi connectivity index (χ2v) is 5.86. The third-order valence-electron chi connectivity index (χ3n) is 3.17. The molecule has 5 heteroatoms. The molecular weight excluding hydrogens is 284 g/mol. The first-order chi connectivity index (χ1) is 10.1. The number of hydrogen-bond donors (Lipinski definition) is 2. The molecule has 0 saturated carbocycles. The smallest absolute Gasteiger partial charge is 0.350 e. The third-order valence-corrected chi connectivity index (χ3v) is 4.26. The van der Waals surface area contributed by atoms with Crippen molar-refractivity contribution >= 4 is 28.0 Å². The molecule has 1 heterocycles. The molecule has 3 N–H and O–H groups in total. The Labute approximate surface area is 128 Å². The quantitative estimate of drug-likeness (QED) is 0.798. The standard InChI is InChI=1S/C16H20N2O2S/c1-3-20-16(19)15-13(17)9-14(21-15)18-10-11(2)12-7-5-4-6-8-12/h4-9,11,18H,3,10,17H2,1-2H3. The van der Waals surface area contributed by atoms with Crippen molar-refractivity contribution in [2.45, 2.75) is 19.8 Å². The topological polar surface area (TPSA) is 64.3 Å². The number of esters is 1. The van der Waals surface area contributed by atoms with Crippen LogP contribution in [0.15, 0.2) is 36.4 Å². The van der Waals surface area contributed by atoms with Crippen molar-refractivity contribution in [3.8, 4) is 0 Å².